The van der Waals surface area contributed by atoms with Gasteiger partial charge in [-0.25, -0.2) is 13.1 Å². The van der Waals surface area contributed by atoms with E-state index in [1.165, 1.54) is 6.92 Å². The van der Waals surface area contributed by atoms with Gasteiger partial charge >= 0.3 is 0 Å². The van der Waals surface area contributed by atoms with Gasteiger partial charge in [0.05, 0.1) is 4.90 Å². The highest BCUT2D eigenvalue weighted by molar-refractivity contribution is 7.89. The summed E-state index contributed by atoms with van der Waals surface area (Å²) in [6.45, 7) is 5.33. The fourth-order valence-electron chi connectivity index (χ4n) is 3.67. The first-order valence-corrected chi connectivity index (χ1v) is 9.90. The molecule has 0 radical (unpaired) electrons. The minimum absolute atomic E-state index is 0.00732. The van der Waals surface area contributed by atoms with Crippen molar-refractivity contribution in [3.8, 4) is 0 Å². The number of carbonyl (C=O) groups is 1. The van der Waals surface area contributed by atoms with Crippen molar-refractivity contribution in [2.24, 2.45) is 0 Å². The molecule has 1 aromatic rings. The van der Waals surface area contributed by atoms with Gasteiger partial charge in [0.25, 0.3) is 0 Å². The first-order valence-electron chi connectivity index (χ1n) is 8.41. The van der Waals surface area contributed by atoms with E-state index in [4.69, 9.17) is 0 Å². The maximum Gasteiger partial charge on any atom is 0.240 e. The molecular formula is C17H25N3O3S. The van der Waals surface area contributed by atoms with Crippen LogP contribution in [-0.4, -0.2) is 51.4 Å². The Morgan fingerprint density at radius 3 is 2.54 bits per heavy atom. The minimum atomic E-state index is -3.53. The van der Waals surface area contributed by atoms with E-state index in [9.17, 15) is 13.2 Å². The van der Waals surface area contributed by atoms with Crippen molar-refractivity contribution in [3.63, 3.8) is 0 Å². The van der Waals surface area contributed by atoms with E-state index in [1.807, 2.05) is 14.0 Å². The molecule has 1 fully saturated rings. The van der Waals surface area contributed by atoms with Crippen LogP contribution in [0.25, 0.3) is 0 Å². The van der Waals surface area contributed by atoms with Gasteiger partial charge in [0.15, 0.2) is 0 Å². The van der Waals surface area contributed by atoms with Crippen LogP contribution in [0.1, 0.15) is 32.3 Å². The lowest BCUT2D eigenvalue weighted by atomic mass is 10.1. The second-order valence-electron chi connectivity index (χ2n) is 6.93. The molecule has 1 saturated heterocycles. The molecule has 0 aliphatic carbocycles. The lowest BCUT2D eigenvalue weighted by Gasteiger charge is -2.29. The third-order valence-electron chi connectivity index (χ3n) is 4.96. The largest absolute Gasteiger partial charge is 0.309 e. The zero-order valence-corrected chi connectivity index (χ0v) is 15.3. The number of sulfonamides is 1. The number of likely N-dealkylation sites (tertiary alicyclic amines) is 1. The molecule has 1 N–H and O–H groups in total. The van der Waals surface area contributed by atoms with Crippen LogP contribution in [0.3, 0.4) is 0 Å². The number of carbonyl (C=O) groups excluding carboxylic acids is 1. The van der Waals surface area contributed by atoms with Crippen LogP contribution in [0, 0.1) is 0 Å². The zero-order valence-electron chi connectivity index (χ0n) is 14.4. The Morgan fingerprint density at radius 1 is 1.25 bits per heavy atom. The number of fused-ring (bicyclic) bond motifs is 1. The number of rotatable bonds is 3. The summed E-state index contributed by atoms with van der Waals surface area (Å²) in [6.07, 6.45) is 2.35. The third-order valence-corrected chi connectivity index (χ3v) is 6.47. The summed E-state index contributed by atoms with van der Waals surface area (Å²) in [5.41, 5.74) is 1.75. The SMILES string of the molecule is CC(=O)N1c2ccc(S(=O)(=O)NC3CCN(C)CC3)cc2CC1C. The van der Waals surface area contributed by atoms with Crippen LogP contribution < -0.4 is 9.62 Å². The van der Waals surface area contributed by atoms with Gasteiger partial charge in [-0.2, -0.15) is 0 Å². The van der Waals surface area contributed by atoms with Crippen molar-refractivity contribution >= 4 is 21.6 Å². The molecule has 0 bridgehead atoms. The van der Waals surface area contributed by atoms with Crippen molar-refractivity contribution in [1.82, 2.24) is 9.62 Å². The van der Waals surface area contributed by atoms with Gasteiger partial charge < -0.3 is 9.80 Å². The van der Waals surface area contributed by atoms with E-state index in [-0.39, 0.29) is 22.9 Å². The summed E-state index contributed by atoms with van der Waals surface area (Å²) in [7, 11) is -1.48. The van der Waals surface area contributed by atoms with Crippen molar-refractivity contribution in [2.75, 3.05) is 25.0 Å². The summed E-state index contributed by atoms with van der Waals surface area (Å²) >= 11 is 0. The first kappa shape index (κ1) is 17.4. The van der Waals surface area contributed by atoms with Crippen molar-refractivity contribution in [1.29, 1.82) is 0 Å². The van der Waals surface area contributed by atoms with Gasteiger partial charge in [0, 0.05) is 24.7 Å². The minimum Gasteiger partial charge on any atom is -0.309 e. The van der Waals surface area contributed by atoms with Crippen LogP contribution in [-0.2, 0) is 21.2 Å². The van der Waals surface area contributed by atoms with Crippen LogP contribution >= 0.6 is 0 Å². The summed E-state index contributed by atoms with van der Waals surface area (Å²) in [5, 5.41) is 0. The van der Waals surface area contributed by atoms with Gasteiger partial charge in [-0.15, -0.1) is 0 Å². The topological polar surface area (TPSA) is 69.7 Å². The van der Waals surface area contributed by atoms with Crippen molar-refractivity contribution < 1.29 is 13.2 Å². The monoisotopic (exact) mass is 351 g/mol. The number of amides is 1. The molecule has 7 heteroatoms. The Labute approximate surface area is 143 Å². The van der Waals surface area contributed by atoms with Gasteiger partial charge in [0.2, 0.25) is 15.9 Å². The third kappa shape index (κ3) is 3.34. The summed E-state index contributed by atoms with van der Waals surface area (Å²) < 4.78 is 28.2. The molecule has 1 aromatic carbocycles. The average molecular weight is 351 g/mol. The molecule has 0 saturated carbocycles. The average Bonchev–Trinajstić information content (AvgIpc) is 2.84. The number of nitrogens with zero attached hydrogens (tertiary/aromatic N) is 2. The maximum absolute atomic E-state index is 12.7. The van der Waals surface area contributed by atoms with Crippen molar-refractivity contribution in [2.45, 2.75) is 50.1 Å². The highest BCUT2D eigenvalue weighted by atomic mass is 32.2. The lowest BCUT2D eigenvalue weighted by Crippen LogP contribution is -2.43. The Balaban J connectivity index is 1.80. The van der Waals surface area contributed by atoms with Gasteiger partial charge in [-0.05, 0) is 70.1 Å². The van der Waals surface area contributed by atoms with E-state index >= 15 is 0 Å². The molecule has 0 spiro atoms. The quantitative estimate of drug-likeness (QED) is 0.893. The number of benzene rings is 1. The second-order valence-corrected chi connectivity index (χ2v) is 8.65. The number of hydrogen-bond donors (Lipinski definition) is 1. The molecule has 2 aliphatic heterocycles. The standard InChI is InChI=1S/C17H25N3O3S/c1-12-10-14-11-16(4-5-17(14)20(12)13(2)21)24(22,23)18-15-6-8-19(3)9-7-15/h4-5,11-12,15,18H,6-10H2,1-3H3. The normalized spacial score (nSPS) is 22.6. The smallest absolute Gasteiger partial charge is 0.240 e. The van der Waals surface area contributed by atoms with Gasteiger partial charge in [-0.3, -0.25) is 4.79 Å². The number of hydrogen-bond acceptors (Lipinski definition) is 4. The van der Waals surface area contributed by atoms with Crippen LogP contribution in [0.5, 0.6) is 0 Å². The zero-order chi connectivity index (χ0) is 17.5. The molecule has 24 heavy (non-hydrogen) atoms. The Bertz CT molecular complexity index is 739. The Morgan fingerprint density at radius 2 is 1.92 bits per heavy atom. The molecule has 132 valence electrons. The fourth-order valence-corrected chi connectivity index (χ4v) is 5.02. The first-order chi connectivity index (χ1) is 11.3. The Kier molecular flexibility index (Phi) is 4.68. The lowest BCUT2D eigenvalue weighted by molar-refractivity contribution is -0.116. The maximum atomic E-state index is 12.7. The van der Waals surface area contributed by atoms with E-state index in [2.05, 4.69) is 9.62 Å². The van der Waals surface area contributed by atoms with Crippen LogP contribution in [0.2, 0.25) is 0 Å². The molecule has 6 nitrogen and oxygen atoms in total. The molecule has 2 aliphatic rings. The molecule has 2 heterocycles. The number of anilines is 1. The number of nitrogens with one attached hydrogen (secondary N) is 1. The summed E-state index contributed by atoms with van der Waals surface area (Å²) in [4.78, 5) is 16.0. The van der Waals surface area contributed by atoms with E-state index in [0.717, 1.165) is 37.2 Å². The Hall–Kier alpha value is -1.44. The predicted molar refractivity (Wildman–Crippen MR) is 93.6 cm³/mol. The predicted octanol–water partition coefficient (Wildman–Crippen LogP) is 1.36. The molecule has 1 unspecified atom stereocenters. The van der Waals surface area contributed by atoms with Crippen LogP contribution in [0.4, 0.5) is 5.69 Å². The van der Waals surface area contributed by atoms with Crippen molar-refractivity contribution in [3.05, 3.63) is 23.8 Å². The molecule has 1 amide bonds. The molecular weight excluding hydrogens is 326 g/mol. The van der Waals surface area contributed by atoms with Crippen LogP contribution in [0.15, 0.2) is 23.1 Å². The van der Waals surface area contributed by atoms with E-state index < -0.39 is 10.0 Å². The number of piperidine rings is 1. The highest BCUT2D eigenvalue weighted by Crippen LogP contribution is 2.34. The molecule has 1 atom stereocenters. The molecule has 3 rings (SSSR count). The highest BCUT2D eigenvalue weighted by Gasteiger charge is 2.31. The second kappa shape index (κ2) is 6.46. The van der Waals surface area contributed by atoms with E-state index in [1.54, 1.807) is 23.1 Å². The van der Waals surface area contributed by atoms with Gasteiger partial charge in [-0.1, -0.05) is 0 Å². The van der Waals surface area contributed by atoms with E-state index in [0.29, 0.717) is 6.42 Å². The molecule has 0 aromatic heterocycles. The summed E-state index contributed by atoms with van der Waals surface area (Å²) in [5.74, 6) is -0.0127. The summed E-state index contributed by atoms with van der Waals surface area (Å²) in [6, 6.07) is 5.13. The van der Waals surface area contributed by atoms with Gasteiger partial charge in [0.1, 0.15) is 0 Å². The fraction of sp³-hybridized carbons (Fsp3) is 0.588.